The van der Waals surface area contributed by atoms with Crippen LogP contribution in [0.2, 0.25) is 0 Å². The summed E-state index contributed by atoms with van der Waals surface area (Å²) in [7, 11) is -4.76. The largest absolute Gasteiger partial charge is 0.481 e. The van der Waals surface area contributed by atoms with Crippen LogP contribution in [0.25, 0.3) is 0 Å². The topological polar surface area (TPSA) is 133 Å². The maximum absolute atomic E-state index is 10.4. The molecule has 7 nitrogen and oxygen atoms in total. The van der Waals surface area contributed by atoms with E-state index in [1.165, 1.54) is 0 Å². The van der Waals surface area contributed by atoms with Gasteiger partial charge in [-0.15, -0.1) is 0 Å². The number of carbonyl (C=O) groups is 2. The van der Waals surface area contributed by atoms with E-state index in [1.54, 1.807) is 0 Å². The van der Waals surface area contributed by atoms with Gasteiger partial charge in [0.05, 0.1) is 6.42 Å². The van der Waals surface area contributed by atoms with Gasteiger partial charge >= 0.3 is 11.9 Å². The number of aliphatic carboxylic acids is 1. The van der Waals surface area contributed by atoms with Gasteiger partial charge in [-0.2, -0.15) is 14.0 Å². The molecule has 0 aliphatic carbocycles. The second-order valence-electron chi connectivity index (χ2n) is 2.07. The molecular formula is C5H7ClO7. The van der Waals surface area contributed by atoms with Crippen molar-refractivity contribution >= 4 is 11.9 Å². The molecule has 0 aromatic carbocycles. The van der Waals surface area contributed by atoms with E-state index < -0.39 is 28.6 Å². The minimum Gasteiger partial charge on any atom is -0.481 e. The van der Waals surface area contributed by atoms with Gasteiger partial charge in [0.15, 0.2) is 0 Å². The molecule has 0 amide bonds. The molecule has 0 atom stereocenters. The van der Waals surface area contributed by atoms with Crippen LogP contribution in [-0.4, -0.2) is 17.0 Å². The van der Waals surface area contributed by atoms with Crippen LogP contribution in [0.5, 0.6) is 0 Å². The predicted molar refractivity (Wildman–Crippen MR) is 27.6 cm³/mol. The Bertz CT molecular complexity index is 196. The van der Waals surface area contributed by atoms with Gasteiger partial charge in [0.1, 0.15) is 10.2 Å². The van der Waals surface area contributed by atoms with Crippen LogP contribution >= 0.6 is 0 Å². The molecule has 13 heavy (non-hydrogen) atoms. The molecular weight excluding hydrogens is 208 g/mol. The Balaban J connectivity index is 3.59. The lowest BCUT2D eigenvalue weighted by molar-refractivity contribution is -1.92. The lowest BCUT2D eigenvalue weighted by Crippen LogP contribution is -2.61. The first-order chi connectivity index (χ1) is 5.81. The summed E-state index contributed by atoms with van der Waals surface area (Å²) < 4.78 is 32.8. The van der Waals surface area contributed by atoms with Crippen molar-refractivity contribution in [3.63, 3.8) is 0 Å². The zero-order chi connectivity index (χ0) is 10.5. The zero-order valence-electron chi connectivity index (χ0n) is 6.40. The first-order valence-corrected chi connectivity index (χ1v) is 4.39. The summed E-state index contributed by atoms with van der Waals surface area (Å²) in [5.41, 5.74) is 0. The highest BCUT2D eigenvalue weighted by atomic mass is 35.7. The fourth-order valence-corrected chi connectivity index (χ4v) is 0.816. The molecule has 0 saturated carbocycles. The molecule has 0 aromatic heterocycles. The lowest BCUT2D eigenvalue weighted by atomic mass is 10.2. The summed E-state index contributed by atoms with van der Waals surface area (Å²) >= 11 is 0. The highest BCUT2D eigenvalue weighted by Gasteiger charge is 2.24. The number of hydrogen-bond donors (Lipinski definition) is 1. The van der Waals surface area contributed by atoms with Crippen LogP contribution in [0.1, 0.15) is 19.3 Å². The van der Waals surface area contributed by atoms with Crippen molar-refractivity contribution in [1.82, 2.24) is 0 Å². The summed E-state index contributed by atoms with van der Waals surface area (Å²) in [4.78, 5) is 20.4. The van der Waals surface area contributed by atoms with Crippen LogP contribution in [0.4, 0.5) is 0 Å². The van der Waals surface area contributed by atoms with Gasteiger partial charge in [-0.25, -0.2) is 4.79 Å². The maximum atomic E-state index is 10.4. The van der Waals surface area contributed by atoms with E-state index in [9.17, 15) is 23.6 Å². The van der Waals surface area contributed by atoms with Crippen molar-refractivity contribution in [2.45, 2.75) is 19.3 Å². The van der Waals surface area contributed by atoms with Crippen molar-refractivity contribution in [3.8, 4) is 0 Å². The Kier molecular flexibility index (Phi) is 4.63. The fraction of sp³-hybridized carbons (Fsp3) is 0.600. The van der Waals surface area contributed by atoms with Gasteiger partial charge in [-0.05, 0) is 10.7 Å². The van der Waals surface area contributed by atoms with E-state index in [2.05, 4.69) is 4.29 Å². The Morgan fingerprint density at radius 2 is 1.77 bits per heavy atom. The third-order valence-electron chi connectivity index (χ3n) is 0.952. The molecule has 8 heteroatoms. The van der Waals surface area contributed by atoms with Crippen LogP contribution in [0.15, 0.2) is 0 Å². The number of carboxylic acid groups (broad SMARTS) is 1. The SMILES string of the molecule is O=C(O)CCCC(=O)O[Cl+3]([O-])([O-])[O-]. The van der Waals surface area contributed by atoms with Crippen molar-refractivity contribution in [1.29, 1.82) is 0 Å². The van der Waals surface area contributed by atoms with Gasteiger partial charge in [-0.1, -0.05) is 0 Å². The molecule has 0 heterocycles. The van der Waals surface area contributed by atoms with Gasteiger partial charge in [0.2, 0.25) is 0 Å². The highest BCUT2D eigenvalue weighted by molar-refractivity contribution is 5.70. The highest BCUT2D eigenvalue weighted by Crippen LogP contribution is 2.00. The van der Waals surface area contributed by atoms with E-state index in [4.69, 9.17) is 5.11 Å². The molecule has 0 unspecified atom stereocenters. The van der Waals surface area contributed by atoms with Gasteiger partial charge in [0, 0.05) is 6.42 Å². The first-order valence-electron chi connectivity index (χ1n) is 3.16. The Labute approximate surface area is 75.3 Å². The van der Waals surface area contributed by atoms with Crippen molar-refractivity contribution in [2.24, 2.45) is 0 Å². The van der Waals surface area contributed by atoms with Crippen LogP contribution in [-0.2, 0) is 13.9 Å². The Morgan fingerprint density at radius 1 is 1.23 bits per heavy atom. The summed E-state index contributed by atoms with van der Waals surface area (Å²) in [5.74, 6) is -2.37. The molecule has 0 spiro atoms. The van der Waals surface area contributed by atoms with E-state index >= 15 is 0 Å². The number of carbonyl (C=O) groups excluding carboxylic acids is 1. The predicted octanol–water partition coefficient (Wildman–Crippen LogP) is -3.32. The average molecular weight is 215 g/mol. The summed E-state index contributed by atoms with van der Waals surface area (Å²) in [6.45, 7) is 0. The van der Waals surface area contributed by atoms with Crippen molar-refractivity contribution in [2.75, 3.05) is 0 Å². The lowest BCUT2D eigenvalue weighted by Gasteiger charge is -2.10. The first kappa shape index (κ1) is 12.1. The van der Waals surface area contributed by atoms with Gasteiger partial charge < -0.3 is 5.11 Å². The maximum Gasteiger partial charge on any atom is 0.463 e. The minimum absolute atomic E-state index is 0.0702. The number of hydrogen-bond acceptors (Lipinski definition) is 6. The number of halogens is 1. The Morgan fingerprint density at radius 3 is 2.15 bits per heavy atom. The van der Waals surface area contributed by atoms with E-state index in [0.29, 0.717) is 0 Å². The molecule has 0 saturated heterocycles. The van der Waals surface area contributed by atoms with Crippen LogP contribution in [0.3, 0.4) is 0 Å². The van der Waals surface area contributed by atoms with Crippen molar-refractivity contribution < 1.29 is 43.2 Å². The second-order valence-corrected chi connectivity index (χ2v) is 2.98. The molecule has 0 aromatic rings. The average Bonchev–Trinajstić information content (AvgIpc) is 1.81. The molecule has 0 aliphatic rings. The third-order valence-corrected chi connectivity index (χ3v) is 1.31. The molecule has 1 N–H and O–H groups in total. The molecule has 0 bridgehead atoms. The smallest absolute Gasteiger partial charge is 0.463 e. The third kappa shape index (κ3) is 9.02. The monoisotopic (exact) mass is 214 g/mol. The summed E-state index contributed by atoms with van der Waals surface area (Å²) in [6, 6.07) is 0. The van der Waals surface area contributed by atoms with Gasteiger partial charge in [-0.3, -0.25) is 4.79 Å². The Hall–Kier alpha value is -0.890. The summed E-state index contributed by atoms with van der Waals surface area (Å²) in [5, 5.41) is 8.13. The number of carboxylic acids is 1. The van der Waals surface area contributed by atoms with E-state index in [0.717, 1.165) is 0 Å². The van der Waals surface area contributed by atoms with Gasteiger partial charge in [0.25, 0.3) is 0 Å². The summed E-state index contributed by atoms with van der Waals surface area (Å²) in [6.07, 6.45) is -0.773. The fourth-order valence-electron chi connectivity index (χ4n) is 0.528. The second kappa shape index (κ2) is 4.97. The van der Waals surface area contributed by atoms with E-state index in [1.807, 2.05) is 0 Å². The van der Waals surface area contributed by atoms with Crippen molar-refractivity contribution in [3.05, 3.63) is 0 Å². The molecule has 0 rings (SSSR count). The zero-order valence-corrected chi connectivity index (χ0v) is 7.15. The number of rotatable bonds is 5. The minimum atomic E-state index is -4.76. The normalized spacial score (nSPS) is 11.0. The molecule has 0 fully saturated rings. The van der Waals surface area contributed by atoms with Crippen LogP contribution < -0.4 is 14.0 Å². The quantitative estimate of drug-likeness (QED) is 0.506. The van der Waals surface area contributed by atoms with E-state index in [-0.39, 0.29) is 12.8 Å². The molecule has 0 radical (unpaired) electrons. The van der Waals surface area contributed by atoms with Crippen LogP contribution in [0, 0.1) is 10.2 Å². The molecule has 76 valence electrons. The molecule has 0 aliphatic heterocycles. The standard InChI is InChI=1S/C5H7ClO7/c7-4(8)2-1-3-5(9)13-6(10,11)12/h1-3H2,(H,7,8).